The zero-order valence-electron chi connectivity index (χ0n) is 15.7. The van der Waals surface area contributed by atoms with Crippen LogP contribution in [0.15, 0.2) is 11.2 Å². The van der Waals surface area contributed by atoms with Crippen LogP contribution in [0.4, 0.5) is 0 Å². The maximum absolute atomic E-state index is 5.99. The van der Waals surface area contributed by atoms with Crippen molar-refractivity contribution in [3.8, 4) is 0 Å². The first-order chi connectivity index (χ1) is 11.7. The lowest BCUT2D eigenvalue weighted by Crippen LogP contribution is -2.39. The van der Waals surface area contributed by atoms with Gasteiger partial charge in [-0.05, 0) is 46.0 Å². The molecular weight excluding hydrogens is 447 g/mol. The van der Waals surface area contributed by atoms with Crippen LogP contribution in [0.2, 0.25) is 0 Å². The van der Waals surface area contributed by atoms with Crippen LogP contribution in [-0.4, -0.2) is 36.7 Å². The normalized spacial score (nSPS) is 16.5. The summed E-state index contributed by atoms with van der Waals surface area (Å²) in [6.45, 7) is 9.45. The number of hydrogen-bond acceptors (Lipinski definition) is 4. The Bertz CT molecular complexity index is 503. The van der Waals surface area contributed by atoms with Gasteiger partial charge >= 0.3 is 0 Å². The van der Waals surface area contributed by atoms with E-state index in [-0.39, 0.29) is 24.0 Å². The molecule has 0 aromatic carbocycles. The van der Waals surface area contributed by atoms with Gasteiger partial charge in [0.05, 0.1) is 12.6 Å². The van der Waals surface area contributed by atoms with Crippen molar-refractivity contribution >= 4 is 41.3 Å². The number of guanidine groups is 1. The number of aryl methyl sites for hydroxylation is 1. The van der Waals surface area contributed by atoms with Gasteiger partial charge in [-0.2, -0.15) is 0 Å². The summed E-state index contributed by atoms with van der Waals surface area (Å²) in [4.78, 5) is 10.2. The number of halogens is 1. The number of hydrogen-bond donors (Lipinski definition) is 2. The molecule has 1 fully saturated rings. The highest BCUT2D eigenvalue weighted by Gasteiger charge is 2.25. The van der Waals surface area contributed by atoms with Gasteiger partial charge in [0, 0.05) is 30.8 Å². The maximum atomic E-state index is 5.99. The molecule has 1 saturated carbocycles. The molecule has 1 unspecified atom stereocenters. The number of thiazole rings is 1. The van der Waals surface area contributed by atoms with Crippen LogP contribution in [0.1, 0.15) is 55.8 Å². The van der Waals surface area contributed by atoms with Gasteiger partial charge in [0.1, 0.15) is 5.01 Å². The number of rotatable bonds is 9. The highest BCUT2D eigenvalue weighted by atomic mass is 127. The minimum absolute atomic E-state index is 0. The van der Waals surface area contributed by atoms with E-state index in [2.05, 4.69) is 41.4 Å². The van der Waals surface area contributed by atoms with Gasteiger partial charge in [0.15, 0.2) is 5.96 Å². The summed E-state index contributed by atoms with van der Waals surface area (Å²) in [5.41, 5.74) is 0. The first kappa shape index (κ1) is 22.6. The molecule has 0 spiro atoms. The summed E-state index contributed by atoms with van der Waals surface area (Å²) in [6, 6.07) is 0. The van der Waals surface area contributed by atoms with Crippen molar-refractivity contribution in [2.45, 2.75) is 65.5 Å². The fourth-order valence-electron chi connectivity index (χ4n) is 3.29. The van der Waals surface area contributed by atoms with Crippen molar-refractivity contribution in [3.63, 3.8) is 0 Å². The minimum Gasteiger partial charge on any atom is -0.378 e. The van der Waals surface area contributed by atoms with Crippen molar-refractivity contribution in [2.24, 2.45) is 10.9 Å². The van der Waals surface area contributed by atoms with Gasteiger partial charge in [-0.1, -0.05) is 12.8 Å². The summed E-state index contributed by atoms with van der Waals surface area (Å²) in [5, 5.41) is 7.81. The fourth-order valence-corrected chi connectivity index (χ4v) is 4.01. The van der Waals surface area contributed by atoms with E-state index in [0.717, 1.165) is 43.0 Å². The van der Waals surface area contributed by atoms with Crippen molar-refractivity contribution in [2.75, 3.05) is 19.7 Å². The number of aromatic nitrogens is 1. The van der Waals surface area contributed by atoms with Gasteiger partial charge in [-0.25, -0.2) is 9.98 Å². The number of aliphatic imine (C=N–C) groups is 1. The largest absolute Gasteiger partial charge is 0.378 e. The molecule has 1 heterocycles. The Morgan fingerprint density at radius 2 is 2.12 bits per heavy atom. The minimum atomic E-state index is 0. The predicted octanol–water partition coefficient (Wildman–Crippen LogP) is 4.11. The van der Waals surface area contributed by atoms with Crippen molar-refractivity contribution in [1.82, 2.24) is 15.6 Å². The molecule has 1 atom stereocenters. The molecule has 0 radical (unpaired) electrons. The molecule has 0 bridgehead atoms. The van der Waals surface area contributed by atoms with Crippen LogP contribution in [-0.2, 0) is 11.3 Å². The summed E-state index contributed by atoms with van der Waals surface area (Å²) in [5.74, 6) is 1.61. The highest BCUT2D eigenvalue weighted by molar-refractivity contribution is 14.0. The lowest BCUT2D eigenvalue weighted by molar-refractivity contribution is 0.0169. The van der Waals surface area contributed by atoms with E-state index in [1.807, 2.05) is 6.20 Å². The SMILES string of the molecule is CCNC(=NCc1ncc(C)s1)NCCC(OCC)C1CCCC1.I. The molecule has 2 rings (SSSR count). The van der Waals surface area contributed by atoms with E-state index in [1.54, 1.807) is 11.3 Å². The first-order valence-corrected chi connectivity index (χ1v) is 10.1. The van der Waals surface area contributed by atoms with E-state index in [4.69, 9.17) is 4.74 Å². The quantitative estimate of drug-likeness (QED) is 0.317. The Balaban J connectivity index is 0.00000312. The van der Waals surface area contributed by atoms with Gasteiger partial charge in [0.25, 0.3) is 0 Å². The summed E-state index contributed by atoms with van der Waals surface area (Å²) < 4.78 is 5.99. The lowest BCUT2D eigenvalue weighted by Gasteiger charge is -2.24. The third-order valence-corrected chi connectivity index (χ3v) is 5.31. The monoisotopic (exact) mass is 480 g/mol. The smallest absolute Gasteiger partial charge is 0.191 e. The molecule has 144 valence electrons. The van der Waals surface area contributed by atoms with Crippen LogP contribution in [0, 0.1) is 12.8 Å². The van der Waals surface area contributed by atoms with E-state index >= 15 is 0 Å². The van der Waals surface area contributed by atoms with E-state index in [0.29, 0.717) is 12.6 Å². The maximum Gasteiger partial charge on any atom is 0.191 e. The second kappa shape index (κ2) is 12.9. The predicted molar refractivity (Wildman–Crippen MR) is 117 cm³/mol. The summed E-state index contributed by atoms with van der Waals surface area (Å²) in [6.07, 6.45) is 8.70. The lowest BCUT2D eigenvalue weighted by atomic mass is 9.98. The molecule has 1 aliphatic carbocycles. The van der Waals surface area contributed by atoms with E-state index in [1.165, 1.54) is 30.6 Å². The van der Waals surface area contributed by atoms with Crippen LogP contribution in [0.5, 0.6) is 0 Å². The Morgan fingerprint density at radius 3 is 2.72 bits per heavy atom. The second-order valence-corrected chi connectivity index (χ2v) is 7.63. The Kier molecular flexibility index (Phi) is 11.6. The van der Waals surface area contributed by atoms with Gasteiger partial charge < -0.3 is 15.4 Å². The molecule has 0 aliphatic heterocycles. The first-order valence-electron chi connectivity index (χ1n) is 9.28. The molecular formula is C18H33IN4OS. The fraction of sp³-hybridized carbons (Fsp3) is 0.778. The van der Waals surface area contributed by atoms with Crippen LogP contribution >= 0.6 is 35.3 Å². The zero-order valence-corrected chi connectivity index (χ0v) is 18.9. The topological polar surface area (TPSA) is 58.5 Å². The third kappa shape index (κ3) is 8.21. The number of nitrogens with zero attached hydrogens (tertiary/aromatic N) is 2. The standard InChI is InChI=1S/C18H32N4OS.HI/c1-4-19-18(22-13-17-21-12-14(3)24-17)20-11-10-16(23-5-2)15-8-6-7-9-15;/h12,15-16H,4-11,13H2,1-3H3,(H2,19,20,22);1H. The molecule has 25 heavy (non-hydrogen) atoms. The van der Waals surface area contributed by atoms with Crippen LogP contribution < -0.4 is 10.6 Å². The molecule has 1 aliphatic rings. The number of ether oxygens (including phenoxy) is 1. The van der Waals surface area contributed by atoms with E-state index in [9.17, 15) is 0 Å². The molecule has 5 nitrogen and oxygen atoms in total. The molecule has 2 N–H and O–H groups in total. The average molecular weight is 480 g/mol. The summed E-state index contributed by atoms with van der Waals surface area (Å²) >= 11 is 1.71. The van der Waals surface area contributed by atoms with Crippen molar-refractivity contribution in [1.29, 1.82) is 0 Å². The van der Waals surface area contributed by atoms with Gasteiger partial charge in [-0.3, -0.25) is 0 Å². The van der Waals surface area contributed by atoms with Crippen LogP contribution in [0.25, 0.3) is 0 Å². The number of nitrogens with one attached hydrogen (secondary N) is 2. The Morgan fingerprint density at radius 1 is 1.36 bits per heavy atom. The van der Waals surface area contributed by atoms with Crippen molar-refractivity contribution in [3.05, 3.63) is 16.1 Å². The highest BCUT2D eigenvalue weighted by Crippen LogP contribution is 2.30. The average Bonchev–Trinajstić information content (AvgIpc) is 3.23. The zero-order chi connectivity index (χ0) is 17.2. The van der Waals surface area contributed by atoms with Gasteiger partial charge in [-0.15, -0.1) is 35.3 Å². The Hall–Kier alpha value is -0.410. The molecule has 1 aromatic rings. The third-order valence-electron chi connectivity index (χ3n) is 4.41. The second-order valence-electron chi connectivity index (χ2n) is 6.31. The van der Waals surface area contributed by atoms with Crippen molar-refractivity contribution < 1.29 is 4.74 Å². The molecule has 0 amide bonds. The van der Waals surface area contributed by atoms with Gasteiger partial charge in [0.2, 0.25) is 0 Å². The molecule has 0 saturated heterocycles. The van der Waals surface area contributed by atoms with Crippen LogP contribution in [0.3, 0.4) is 0 Å². The van der Waals surface area contributed by atoms with E-state index < -0.39 is 0 Å². The molecule has 1 aromatic heterocycles. The Labute approximate surface area is 173 Å². The summed E-state index contributed by atoms with van der Waals surface area (Å²) in [7, 11) is 0. The molecule has 7 heteroatoms.